The third-order valence-corrected chi connectivity index (χ3v) is 12.4. The molecule has 4 N–H and O–H groups in total. The number of hydrogen-bond donors (Lipinski definition) is 3. The number of para-hydroxylation sites is 3. The number of benzene rings is 8. The van der Waals surface area contributed by atoms with Crippen molar-refractivity contribution in [3.05, 3.63) is 193 Å². The molecule has 11 aromatic rings. The van der Waals surface area contributed by atoms with Crippen LogP contribution in [0.1, 0.15) is 29.0 Å². The van der Waals surface area contributed by atoms with Crippen LogP contribution in [0.3, 0.4) is 0 Å². The highest BCUT2D eigenvalue weighted by Crippen LogP contribution is 2.43. The van der Waals surface area contributed by atoms with Crippen LogP contribution < -0.4 is 16.4 Å². The van der Waals surface area contributed by atoms with Crippen LogP contribution in [0.4, 0.5) is 0 Å². The fourth-order valence-corrected chi connectivity index (χ4v) is 9.48. The van der Waals surface area contributed by atoms with Crippen LogP contribution in [0.15, 0.2) is 185 Å². The molecule has 3 heterocycles. The van der Waals surface area contributed by atoms with E-state index in [9.17, 15) is 0 Å². The average Bonchev–Trinajstić information content (AvgIpc) is 3.96. The quantitative estimate of drug-likeness (QED) is 0.128. The van der Waals surface area contributed by atoms with E-state index in [4.69, 9.17) is 14.6 Å². The molecule has 0 bridgehead atoms. The van der Waals surface area contributed by atoms with Crippen molar-refractivity contribution >= 4 is 75.4 Å². The van der Waals surface area contributed by atoms with E-state index in [0.29, 0.717) is 6.54 Å². The minimum Gasteiger partial charge on any atom is -0.456 e. The summed E-state index contributed by atoms with van der Waals surface area (Å²) in [7, 11) is 0. The monoisotopic (exact) mass is 755 g/mol. The number of rotatable bonds is 9. The van der Waals surface area contributed by atoms with Gasteiger partial charge in [-0.2, -0.15) is 0 Å². The predicted molar refractivity (Wildman–Crippen MR) is 237 cm³/mol. The van der Waals surface area contributed by atoms with Gasteiger partial charge in [0, 0.05) is 65.0 Å². The molecule has 0 spiro atoms. The van der Waals surface area contributed by atoms with Gasteiger partial charge in [0.05, 0.1) is 12.3 Å². The van der Waals surface area contributed by atoms with Crippen molar-refractivity contribution < 1.29 is 8.83 Å². The highest BCUT2D eigenvalue weighted by atomic mass is 32.1. The summed E-state index contributed by atoms with van der Waals surface area (Å²) in [4.78, 5) is 0. The zero-order chi connectivity index (χ0) is 37.9. The Morgan fingerprint density at radius 2 is 1.09 bits per heavy atom. The Balaban J connectivity index is 1.000. The van der Waals surface area contributed by atoms with Gasteiger partial charge in [-0.25, -0.2) is 0 Å². The molecule has 11 rings (SSSR count). The van der Waals surface area contributed by atoms with Gasteiger partial charge in [0.1, 0.15) is 22.3 Å². The van der Waals surface area contributed by atoms with Crippen molar-refractivity contribution in [1.29, 1.82) is 0 Å². The van der Waals surface area contributed by atoms with E-state index >= 15 is 0 Å². The molecule has 0 aliphatic rings. The van der Waals surface area contributed by atoms with Crippen molar-refractivity contribution in [2.75, 3.05) is 0 Å². The largest absolute Gasteiger partial charge is 0.456 e. The number of nitrogens with two attached hydrogens (primary N) is 1. The van der Waals surface area contributed by atoms with Gasteiger partial charge < -0.3 is 14.6 Å². The fraction of sp³-hybridized carbons (Fsp3) is 0.0588. The zero-order valence-corrected chi connectivity index (χ0v) is 31.7. The molecule has 0 amide bonds. The van der Waals surface area contributed by atoms with Crippen LogP contribution in [-0.4, -0.2) is 0 Å². The van der Waals surface area contributed by atoms with Crippen molar-refractivity contribution in [2.24, 2.45) is 5.73 Å². The molecule has 0 aliphatic heterocycles. The molecule has 6 heteroatoms. The topological polar surface area (TPSA) is 76.4 Å². The number of hydrogen-bond acceptors (Lipinski definition) is 6. The standard InChI is InChI=1S/C51H37N3O2S/c52-50(32-14-5-2-6-15-32)54-51(53-30-31-12-3-1-4-13-31)41-22-11-21-40-42-28-33(24-26-44(42)55-49(40)41)35-17-9-19-38-39-20-10-18-36(48(39)56-47(35)38)34-25-27-46-43(29-34)37-16-7-8-23-45(37)57-46/h1-29,50-51,53-54H,30,52H2. The van der Waals surface area contributed by atoms with Gasteiger partial charge in [0.15, 0.2) is 0 Å². The first-order chi connectivity index (χ1) is 28.2. The van der Waals surface area contributed by atoms with E-state index in [1.165, 1.54) is 25.7 Å². The van der Waals surface area contributed by atoms with Crippen LogP contribution in [0, 0.1) is 0 Å². The lowest BCUT2D eigenvalue weighted by molar-refractivity contribution is 0.385. The Bertz CT molecular complexity index is 3250. The molecule has 2 unspecified atom stereocenters. The molecule has 8 aromatic carbocycles. The van der Waals surface area contributed by atoms with Crippen LogP contribution in [0.5, 0.6) is 0 Å². The summed E-state index contributed by atoms with van der Waals surface area (Å²) >= 11 is 1.84. The first-order valence-electron chi connectivity index (χ1n) is 19.3. The molecule has 0 aliphatic carbocycles. The Labute approximate surface area is 333 Å². The van der Waals surface area contributed by atoms with E-state index in [1.54, 1.807) is 0 Å². The second-order valence-electron chi connectivity index (χ2n) is 14.7. The SMILES string of the molecule is NC(NC(NCc1ccccc1)c1cccc2c1oc1ccc(-c3cccc4c3oc3c(-c5ccc6sc7ccccc7c6c5)cccc34)cc12)c1ccccc1. The lowest BCUT2D eigenvalue weighted by Gasteiger charge is -2.25. The van der Waals surface area contributed by atoms with Gasteiger partial charge in [-0.1, -0.05) is 146 Å². The minimum atomic E-state index is -0.394. The maximum absolute atomic E-state index is 6.92. The summed E-state index contributed by atoms with van der Waals surface area (Å²) in [6.07, 6.45) is -0.684. The Kier molecular flexibility index (Phi) is 8.23. The van der Waals surface area contributed by atoms with Crippen molar-refractivity contribution in [3.8, 4) is 22.3 Å². The summed E-state index contributed by atoms with van der Waals surface area (Å²) in [6.45, 7) is 0.656. The summed E-state index contributed by atoms with van der Waals surface area (Å²) in [6, 6.07) is 61.7. The highest BCUT2D eigenvalue weighted by molar-refractivity contribution is 7.25. The van der Waals surface area contributed by atoms with E-state index in [2.05, 4.69) is 150 Å². The van der Waals surface area contributed by atoms with Crippen molar-refractivity contribution in [2.45, 2.75) is 18.9 Å². The normalized spacial score (nSPS) is 13.1. The molecule has 2 atom stereocenters. The van der Waals surface area contributed by atoms with Crippen molar-refractivity contribution in [3.63, 3.8) is 0 Å². The smallest absolute Gasteiger partial charge is 0.143 e. The molecular formula is C51H37N3O2S. The minimum absolute atomic E-state index is 0.290. The van der Waals surface area contributed by atoms with E-state index in [-0.39, 0.29) is 6.17 Å². The molecule has 0 saturated carbocycles. The molecule has 274 valence electrons. The first kappa shape index (κ1) is 33.8. The van der Waals surface area contributed by atoms with Gasteiger partial charge in [-0.15, -0.1) is 11.3 Å². The number of thiophene rings is 1. The van der Waals surface area contributed by atoms with Gasteiger partial charge >= 0.3 is 0 Å². The van der Waals surface area contributed by atoms with E-state index in [0.717, 1.165) is 77.3 Å². The van der Waals surface area contributed by atoms with E-state index < -0.39 is 6.17 Å². The third kappa shape index (κ3) is 5.90. The summed E-state index contributed by atoms with van der Waals surface area (Å²) in [5.74, 6) is 0. The van der Waals surface area contributed by atoms with Crippen LogP contribution in [0.25, 0.3) is 86.3 Å². The highest BCUT2D eigenvalue weighted by Gasteiger charge is 2.22. The maximum atomic E-state index is 6.92. The van der Waals surface area contributed by atoms with Gasteiger partial charge in [-0.3, -0.25) is 10.6 Å². The second-order valence-corrected chi connectivity index (χ2v) is 15.8. The molecule has 57 heavy (non-hydrogen) atoms. The molecule has 0 fully saturated rings. The summed E-state index contributed by atoms with van der Waals surface area (Å²) in [5, 5.41) is 14.2. The third-order valence-electron chi connectivity index (χ3n) is 11.2. The molecule has 0 saturated heterocycles. The Morgan fingerprint density at radius 3 is 1.84 bits per heavy atom. The lowest BCUT2D eigenvalue weighted by Crippen LogP contribution is -2.39. The van der Waals surface area contributed by atoms with E-state index in [1.807, 2.05) is 47.7 Å². The predicted octanol–water partition coefficient (Wildman–Crippen LogP) is 13.2. The molecule has 5 nitrogen and oxygen atoms in total. The summed E-state index contributed by atoms with van der Waals surface area (Å²) < 4.78 is 16.2. The van der Waals surface area contributed by atoms with Gasteiger partial charge in [0.25, 0.3) is 0 Å². The van der Waals surface area contributed by atoms with Gasteiger partial charge in [-0.05, 0) is 52.6 Å². The molecule has 3 aromatic heterocycles. The van der Waals surface area contributed by atoms with Crippen molar-refractivity contribution in [1.82, 2.24) is 10.6 Å². The first-order valence-corrected chi connectivity index (χ1v) is 20.1. The average molecular weight is 756 g/mol. The van der Waals surface area contributed by atoms with Crippen LogP contribution in [0.2, 0.25) is 0 Å². The lowest BCUT2D eigenvalue weighted by atomic mass is 9.98. The fourth-order valence-electron chi connectivity index (χ4n) is 8.39. The number of fused-ring (bicyclic) bond motifs is 9. The second kappa shape index (κ2) is 13.9. The molecule has 0 radical (unpaired) electrons. The Morgan fingerprint density at radius 1 is 0.491 bits per heavy atom. The summed E-state index contributed by atoms with van der Waals surface area (Å²) in [5.41, 5.74) is 17.7. The number of furan rings is 2. The zero-order valence-electron chi connectivity index (χ0n) is 30.9. The Hall–Kier alpha value is -6.54. The van der Waals surface area contributed by atoms with Crippen LogP contribution >= 0.6 is 11.3 Å². The van der Waals surface area contributed by atoms with Crippen LogP contribution in [-0.2, 0) is 6.54 Å². The maximum Gasteiger partial charge on any atom is 0.143 e. The number of nitrogens with one attached hydrogen (secondary N) is 2. The molecular weight excluding hydrogens is 719 g/mol. The van der Waals surface area contributed by atoms with Gasteiger partial charge in [0.2, 0.25) is 0 Å².